The van der Waals surface area contributed by atoms with E-state index in [9.17, 15) is 0 Å². The number of imidazole rings is 1. The lowest BCUT2D eigenvalue weighted by Gasteiger charge is -2.03. The number of rotatable bonds is 12. The molecule has 0 aliphatic heterocycles. The number of unbranched alkanes of at least 4 members (excludes halogenated alkanes) is 8. The zero-order valence-electron chi connectivity index (χ0n) is 14.0. The molecule has 0 saturated heterocycles. The summed E-state index contributed by atoms with van der Waals surface area (Å²) in [4.78, 5) is 0. The molecule has 0 aromatic carbocycles. The van der Waals surface area contributed by atoms with Crippen LogP contribution in [0.1, 0.15) is 83.9 Å². The van der Waals surface area contributed by atoms with E-state index in [1.54, 1.807) is 0 Å². The first-order valence-electron chi connectivity index (χ1n) is 8.83. The maximum atomic E-state index is 2.45. The fraction of sp³-hybridized carbons (Fsp3) is 0.833. The van der Waals surface area contributed by atoms with Gasteiger partial charge >= 0.3 is 0 Å². The first-order chi connectivity index (χ1) is 9.79. The summed E-state index contributed by atoms with van der Waals surface area (Å²) < 4.78 is 4.75. The average molecular weight is 279 g/mol. The van der Waals surface area contributed by atoms with E-state index in [-0.39, 0.29) is 0 Å². The first kappa shape index (κ1) is 17.3. The summed E-state index contributed by atoms with van der Waals surface area (Å²) in [5.74, 6) is 1.50. The Bertz CT molecular complexity index is 341. The van der Waals surface area contributed by atoms with E-state index >= 15 is 0 Å². The van der Waals surface area contributed by atoms with Gasteiger partial charge in [-0.3, -0.25) is 0 Å². The Hall–Kier alpha value is -0.790. The predicted octanol–water partition coefficient (Wildman–Crippen LogP) is 4.80. The van der Waals surface area contributed by atoms with E-state index in [0.29, 0.717) is 0 Å². The van der Waals surface area contributed by atoms with Gasteiger partial charge in [-0.1, -0.05) is 65.2 Å². The molecule has 0 aliphatic carbocycles. The fourth-order valence-electron chi connectivity index (χ4n) is 2.82. The van der Waals surface area contributed by atoms with E-state index < -0.39 is 0 Å². The van der Waals surface area contributed by atoms with Crippen molar-refractivity contribution in [1.29, 1.82) is 0 Å². The van der Waals surface area contributed by atoms with Gasteiger partial charge in [0.2, 0.25) is 0 Å². The second-order valence-electron chi connectivity index (χ2n) is 6.10. The second kappa shape index (κ2) is 10.9. The molecule has 1 aromatic rings. The van der Waals surface area contributed by atoms with Crippen molar-refractivity contribution in [3.8, 4) is 0 Å². The summed E-state index contributed by atoms with van der Waals surface area (Å²) in [6.07, 6.45) is 19.5. The molecule has 2 nitrogen and oxygen atoms in total. The molecule has 0 N–H and O–H groups in total. The summed E-state index contributed by atoms with van der Waals surface area (Å²) in [6, 6.07) is 0. The Balaban J connectivity index is 2.16. The van der Waals surface area contributed by atoms with E-state index in [4.69, 9.17) is 0 Å². The number of nitrogens with zero attached hydrogens (tertiary/aromatic N) is 2. The van der Waals surface area contributed by atoms with Crippen LogP contribution in [0.4, 0.5) is 0 Å². The van der Waals surface area contributed by atoms with Crippen molar-refractivity contribution in [3.63, 3.8) is 0 Å². The van der Waals surface area contributed by atoms with Crippen LogP contribution in [0.2, 0.25) is 0 Å². The number of hydrogen-bond donors (Lipinski definition) is 0. The van der Waals surface area contributed by atoms with Crippen molar-refractivity contribution in [2.24, 2.45) is 7.05 Å². The van der Waals surface area contributed by atoms with Gasteiger partial charge < -0.3 is 0 Å². The van der Waals surface area contributed by atoms with Gasteiger partial charge in [0.05, 0.1) is 13.6 Å². The quantitative estimate of drug-likeness (QED) is 0.384. The lowest BCUT2D eigenvalue weighted by atomic mass is 10.1. The summed E-state index contributed by atoms with van der Waals surface area (Å²) in [5.41, 5.74) is 0. The Kier molecular flexibility index (Phi) is 9.44. The highest BCUT2D eigenvalue weighted by atomic mass is 15.1. The summed E-state index contributed by atoms with van der Waals surface area (Å²) >= 11 is 0. The van der Waals surface area contributed by atoms with Crippen molar-refractivity contribution in [2.45, 2.75) is 91.0 Å². The van der Waals surface area contributed by atoms with E-state index in [1.165, 1.54) is 83.0 Å². The van der Waals surface area contributed by atoms with Crippen molar-refractivity contribution in [2.75, 3.05) is 0 Å². The molecule has 0 saturated carbocycles. The normalized spacial score (nSPS) is 11.2. The van der Waals surface area contributed by atoms with Crippen molar-refractivity contribution in [1.82, 2.24) is 4.57 Å². The highest BCUT2D eigenvalue weighted by molar-refractivity contribution is 4.84. The van der Waals surface area contributed by atoms with Crippen LogP contribution in [0.15, 0.2) is 12.4 Å². The molecule has 0 amide bonds. The summed E-state index contributed by atoms with van der Waals surface area (Å²) in [6.45, 7) is 5.74. The molecule has 0 bridgehead atoms. The van der Waals surface area contributed by atoms with Crippen LogP contribution < -0.4 is 4.57 Å². The van der Waals surface area contributed by atoms with Crippen LogP contribution in [0.5, 0.6) is 0 Å². The highest BCUT2D eigenvalue weighted by Gasteiger charge is 2.13. The maximum Gasteiger partial charge on any atom is 0.256 e. The second-order valence-corrected chi connectivity index (χ2v) is 6.10. The summed E-state index contributed by atoms with van der Waals surface area (Å²) in [7, 11) is 2.18. The smallest absolute Gasteiger partial charge is 0.237 e. The molecule has 0 unspecified atom stereocenters. The van der Waals surface area contributed by atoms with Crippen LogP contribution >= 0.6 is 0 Å². The minimum absolute atomic E-state index is 1.18. The number of aryl methyl sites for hydroxylation is 2. The molecule has 0 radical (unpaired) electrons. The molecule has 116 valence electrons. The molecule has 1 heterocycles. The van der Waals surface area contributed by atoms with Crippen molar-refractivity contribution in [3.05, 3.63) is 18.2 Å². The third-order valence-electron chi connectivity index (χ3n) is 4.22. The Labute approximate surface area is 126 Å². The molecule has 1 rings (SSSR count). The standard InChI is InChI=1S/C18H35N2/c1-4-6-8-9-10-11-12-13-14-18-19(3)16-17-20(18)15-7-5-2/h16-17H,4-15H2,1-3H3/q+1. The highest BCUT2D eigenvalue weighted by Crippen LogP contribution is 2.10. The lowest BCUT2D eigenvalue weighted by Crippen LogP contribution is -2.32. The first-order valence-corrected chi connectivity index (χ1v) is 8.83. The van der Waals surface area contributed by atoms with Crippen LogP contribution in [0, 0.1) is 0 Å². The molecule has 2 heteroatoms. The van der Waals surface area contributed by atoms with Gasteiger partial charge in [0.25, 0.3) is 5.82 Å². The molecule has 0 aliphatic rings. The van der Waals surface area contributed by atoms with E-state index in [2.05, 4.69) is 42.4 Å². The fourth-order valence-corrected chi connectivity index (χ4v) is 2.82. The van der Waals surface area contributed by atoms with Crippen LogP contribution in [-0.2, 0) is 20.0 Å². The number of hydrogen-bond acceptors (Lipinski definition) is 0. The van der Waals surface area contributed by atoms with Gasteiger partial charge in [0, 0.05) is 6.42 Å². The molecular weight excluding hydrogens is 244 g/mol. The molecule has 0 fully saturated rings. The third-order valence-corrected chi connectivity index (χ3v) is 4.22. The molecule has 0 spiro atoms. The van der Waals surface area contributed by atoms with Crippen molar-refractivity contribution < 1.29 is 4.57 Å². The van der Waals surface area contributed by atoms with E-state index in [1.807, 2.05) is 0 Å². The Morgan fingerprint density at radius 2 is 1.45 bits per heavy atom. The number of aromatic nitrogens is 2. The average Bonchev–Trinajstić information content (AvgIpc) is 2.80. The lowest BCUT2D eigenvalue weighted by molar-refractivity contribution is -0.678. The van der Waals surface area contributed by atoms with Gasteiger partial charge in [0.15, 0.2) is 0 Å². The van der Waals surface area contributed by atoms with Crippen molar-refractivity contribution >= 4 is 0 Å². The Morgan fingerprint density at radius 3 is 2.10 bits per heavy atom. The molecule has 1 aromatic heterocycles. The van der Waals surface area contributed by atoms with Gasteiger partial charge in [0.1, 0.15) is 12.4 Å². The zero-order chi connectivity index (χ0) is 14.6. The van der Waals surface area contributed by atoms with Gasteiger partial charge in [-0.2, -0.15) is 0 Å². The van der Waals surface area contributed by atoms with Gasteiger partial charge in [-0.05, 0) is 12.8 Å². The predicted molar refractivity (Wildman–Crippen MR) is 86.8 cm³/mol. The van der Waals surface area contributed by atoms with Crippen LogP contribution in [0.25, 0.3) is 0 Å². The van der Waals surface area contributed by atoms with Gasteiger partial charge in [-0.15, -0.1) is 0 Å². The topological polar surface area (TPSA) is 8.81 Å². The minimum atomic E-state index is 1.18. The third kappa shape index (κ3) is 6.58. The molecule has 20 heavy (non-hydrogen) atoms. The zero-order valence-corrected chi connectivity index (χ0v) is 14.0. The summed E-state index contributed by atoms with van der Waals surface area (Å²) in [5, 5.41) is 0. The van der Waals surface area contributed by atoms with Gasteiger partial charge in [-0.25, -0.2) is 9.13 Å². The SMILES string of the molecule is CCCCCCCCCCc1n(CCCC)cc[n+]1C. The van der Waals surface area contributed by atoms with E-state index in [0.717, 1.165) is 0 Å². The van der Waals surface area contributed by atoms with Crippen LogP contribution in [-0.4, -0.2) is 4.57 Å². The Morgan fingerprint density at radius 1 is 0.850 bits per heavy atom. The maximum absolute atomic E-state index is 2.45. The minimum Gasteiger partial charge on any atom is -0.237 e. The monoisotopic (exact) mass is 279 g/mol. The largest absolute Gasteiger partial charge is 0.256 e. The molecular formula is C18H35N2+. The molecule has 0 atom stereocenters. The van der Waals surface area contributed by atoms with Crippen LogP contribution in [0.3, 0.4) is 0 Å².